The van der Waals surface area contributed by atoms with Crippen LogP contribution in [0.1, 0.15) is 88.2 Å². The number of nitrogens with zero attached hydrogens (tertiary/aromatic N) is 6. The Kier molecular flexibility index (Phi) is 13.0. The van der Waals surface area contributed by atoms with Gasteiger partial charge < -0.3 is 19.4 Å². The molecule has 0 unspecified atom stereocenters. The highest BCUT2D eigenvalue weighted by molar-refractivity contribution is 6.22. The van der Waals surface area contributed by atoms with Crippen LogP contribution >= 0.6 is 0 Å². The van der Waals surface area contributed by atoms with Gasteiger partial charge in [-0.25, -0.2) is 9.97 Å². The molecule has 3 aromatic heterocycles. The summed E-state index contributed by atoms with van der Waals surface area (Å²) in [7, 11) is 0. The fourth-order valence-electron chi connectivity index (χ4n) is 11.0. The second kappa shape index (κ2) is 21.2. The number of nitriles is 2. The Labute approximate surface area is 470 Å². The van der Waals surface area contributed by atoms with Crippen LogP contribution in [-0.2, 0) is 0 Å². The molecule has 6 aromatic carbocycles. The first-order valence-electron chi connectivity index (χ1n) is 26.8. The topological polar surface area (TPSA) is 198 Å². The quantitative estimate of drug-likeness (QED) is 0.0780. The average Bonchev–Trinajstić information content (AvgIpc) is 4.61. The highest BCUT2D eigenvalue weighted by Crippen LogP contribution is 2.39. The molecule has 9 aromatic rings. The Morgan fingerprint density at radius 2 is 0.659 bits per heavy atom. The van der Waals surface area contributed by atoms with Crippen molar-refractivity contribution in [2.75, 3.05) is 26.3 Å². The smallest absolute Gasteiger partial charge is 0.261 e. The van der Waals surface area contributed by atoms with E-state index in [-0.39, 0.29) is 49.9 Å². The Balaban J connectivity index is 0.892. The SMILES string of the molecule is N#Cc1ccc(-c2c3nc(c(-c4ccc(OCCCN5C(=O)c6ccccc6C5=O)cc4)c4ccc([nH]4)c(-c4ccc(C#N)cc4)c4nc(c(-c5ccc(OCCCN6C(=O)c7ccccc7C6=O)cc5)c5ccc2[nH]5)C=C4)C=C3)cc1. The largest absolute Gasteiger partial charge is 0.494 e. The number of amides is 4. The number of fused-ring (bicyclic) bond motifs is 10. The van der Waals surface area contributed by atoms with E-state index >= 15 is 0 Å². The molecule has 4 aliphatic heterocycles. The summed E-state index contributed by atoms with van der Waals surface area (Å²) >= 11 is 0. The molecular formula is C68H46N8O6. The first kappa shape index (κ1) is 50.3. The van der Waals surface area contributed by atoms with Crippen molar-refractivity contribution >= 4 is 70.0 Å². The van der Waals surface area contributed by atoms with Crippen LogP contribution in [0.15, 0.2) is 170 Å². The van der Waals surface area contributed by atoms with Crippen LogP contribution in [-0.4, -0.2) is 79.7 Å². The molecule has 82 heavy (non-hydrogen) atoms. The number of carbonyl (C=O) groups is 4. The van der Waals surface area contributed by atoms with E-state index in [1.165, 1.54) is 9.80 Å². The van der Waals surface area contributed by atoms with Crippen molar-refractivity contribution in [3.05, 3.63) is 226 Å². The molecule has 0 saturated heterocycles. The van der Waals surface area contributed by atoms with Crippen LogP contribution in [0.5, 0.6) is 11.5 Å². The summed E-state index contributed by atoms with van der Waals surface area (Å²) in [5, 5.41) is 19.6. The first-order chi connectivity index (χ1) is 40.2. The maximum absolute atomic E-state index is 13.0. The van der Waals surface area contributed by atoms with Crippen molar-refractivity contribution in [1.29, 1.82) is 10.5 Å². The predicted octanol–water partition coefficient (Wildman–Crippen LogP) is 13.2. The Hall–Kier alpha value is -11.2. The van der Waals surface area contributed by atoms with Crippen molar-refractivity contribution < 1.29 is 28.7 Å². The lowest BCUT2D eigenvalue weighted by Crippen LogP contribution is -2.31. The number of nitrogens with one attached hydrogen (secondary N) is 2. The van der Waals surface area contributed by atoms with Crippen LogP contribution in [0, 0.1) is 22.7 Å². The number of rotatable bonds is 14. The highest BCUT2D eigenvalue weighted by Gasteiger charge is 2.36. The van der Waals surface area contributed by atoms with E-state index in [2.05, 4.69) is 22.1 Å². The zero-order valence-corrected chi connectivity index (χ0v) is 43.9. The van der Waals surface area contributed by atoms with Crippen molar-refractivity contribution in [3.63, 3.8) is 0 Å². The maximum atomic E-state index is 13.0. The summed E-state index contributed by atoms with van der Waals surface area (Å²) in [5.41, 5.74) is 15.2. The number of hydrogen-bond donors (Lipinski definition) is 2. The van der Waals surface area contributed by atoms with Gasteiger partial charge in [0.1, 0.15) is 11.5 Å². The van der Waals surface area contributed by atoms with E-state index < -0.39 is 0 Å². The Morgan fingerprint density at radius 3 is 0.939 bits per heavy atom. The third-order valence-corrected chi connectivity index (χ3v) is 15.0. The molecule has 7 heterocycles. The van der Waals surface area contributed by atoms with Gasteiger partial charge in [-0.05, 0) is 156 Å². The fourth-order valence-corrected chi connectivity index (χ4v) is 11.0. The molecule has 0 atom stereocenters. The van der Waals surface area contributed by atoms with Gasteiger partial charge in [0.15, 0.2) is 0 Å². The van der Waals surface area contributed by atoms with Gasteiger partial charge >= 0.3 is 0 Å². The first-order valence-corrected chi connectivity index (χ1v) is 26.8. The minimum absolute atomic E-state index is 0.232. The summed E-state index contributed by atoms with van der Waals surface area (Å²) in [4.78, 5) is 72.8. The van der Waals surface area contributed by atoms with Crippen molar-refractivity contribution in [3.8, 4) is 68.1 Å². The number of benzene rings is 6. The molecular weight excluding hydrogens is 1020 g/mol. The lowest BCUT2D eigenvalue weighted by Gasteiger charge is -2.14. The Bertz CT molecular complexity index is 4090. The average molecular weight is 1070 g/mol. The summed E-state index contributed by atoms with van der Waals surface area (Å²) < 4.78 is 12.4. The van der Waals surface area contributed by atoms with Gasteiger partial charge in [0, 0.05) is 57.4 Å². The van der Waals surface area contributed by atoms with Crippen molar-refractivity contribution in [1.82, 2.24) is 29.7 Å². The van der Waals surface area contributed by atoms with Crippen molar-refractivity contribution in [2.45, 2.75) is 12.8 Å². The molecule has 13 rings (SSSR count). The summed E-state index contributed by atoms with van der Waals surface area (Å²) in [6.45, 7) is 1.03. The number of aromatic nitrogens is 4. The van der Waals surface area contributed by atoms with E-state index in [9.17, 15) is 29.7 Å². The number of imide groups is 2. The van der Waals surface area contributed by atoms with E-state index in [0.29, 0.717) is 80.5 Å². The Morgan fingerprint density at radius 1 is 0.378 bits per heavy atom. The molecule has 0 saturated carbocycles. The zero-order chi connectivity index (χ0) is 55.8. The van der Waals surface area contributed by atoms with E-state index in [1.54, 1.807) is 72.8 Å². The van der Waals surface area contributed by atoms with Gasteiger partial charge in [-0.2, -0.15) is 10.5 Å². The van der Waals surface area contributed by atoms with Gasteiger partial charge in [0.05, 0.1) is 81.5 Å². The predicted molar refractivity (Wildman–Crippen MR) is 314 cm³/mol. The number of aromatic amines is 2. The third-order valence-electron chi connectivity index (χ3n) is 15.0. The van der Waals surface area contributed by atoms with Gasteiger partial charge in [0.25, 0.3) is 23.6 Å². The number of H-pyrrole nitrogens is 2. The molecule has 394 valence electrons. The van der Waals surface area contributed by atoms with Gasteiger partial charge in [0.2, 0.25) is 0 Å². The molecule has 0 radical (unpaired) electrons. The third kappa shape index (κ3) is 9.25. The molecule has 14 heteroatoms. The molecule has 0 fully saturated rings. The molecule has 0 aliphatic carbocycles. The van der Waals surface area contributed by atoms with Crippen LogP contribution in [0.25, 0.3) is 90.9 Å². The van der Waals surface area contributed by atoms with Gasteiger partial charge in [-0.15, -0.1) is 0 Å². The lowest BCUT2D eigenvalue weighted by atomic mass is 10.0. The van der Waals surface area contributed by atoms with Gasteiger partial charge in [-0.3, -0.25) is 29.0 Å². The standard InChI is InChI=1S/C68H46N8O6/c69-39-41-11-15-43(16-12-41)61-53-27-31-57(71-53)63(45-19-23-47(24-20-45)81-37-5-35-75-65(77)49-7-1-2-8-50(49)66(75)78)58-32-28-54(72-58)62(44-17-13-42(40-70)14-18-44)56-30-34-60(74-56)64(59-33-29-55(61)73-59)46-21-25-48(26-22-46)82-38-6-36-76-67(79)51-9-3-4-10-52(51)68(76)80/h1-4,7-34,71,74H,5-6,35-38H2. The zero-order valence-electron chi connectivity index (χ0n) is 43.9. The van der Waals surface area contributed by atoms with E-state index in [4.69, 9.17) is 19.4 Å². The van der Waals surface area contributed by atoms with E-state index in [0.717, 1.165) is 66.6 Å². The molecule has 8 bridgehead atoms. The van der Waals surface area contributed by atoms with Gasteiger partial charge in [-0.1, -0.05) is 72.8 Å². The molecule has 0 spiro atoms. The maximum Gasteiger partial charge on any atom is 0.261 e. The second-order valence-electron chi connectivity index (χ2n) is 19.9. The lowest BCUT2D eigenvalue weighted by molar-refractivity contribution is 0.0630. The normalized spacial score (nSPS) is 13.1. The minimum atomic E-state index is -0.293. The molecule has 14 nitrogen and oxygen atoms in total. The molecule has 4 aliphatic rings. The second-order valence-corrected chi connectivity index (χ2v) is 19.9. The summed E-state index contributed by atoms with van der Waals surface area (Å²) in [6, 6.07) is 56.7. The molecule has 2 N–H and O–H groups in total. The highest BCUT2D eigenvalue weighted by atomic mass is 16.5. The summed E-state index contributed by atoms with van der Waals surface area (Å²) in [6.07, 6.45) is 8.90. The fraction of sp³-hybridized carbons (Fsp3) is 0.0882. The van der Waals surface area contributed by atoms with E-state index in [1.807, 2.05) is 121 Å². The van der Waals surface area contributed by atoms with Crippen LogP contribution in [0.4, 0.5) is 0 Å². The van der Waals surface area contributed by atoms with Crippen molar-refractivity contribution in [2.24, 2.45) is 0 Å². The van der Waals surface area contributed by atoms with Crippen LogP contribution in [0.3, 0.4) is 0 Å². The number of carbonyl (C=O) groups excluding carboxylic acids is 4. The monoisotopic (exact) mass is 1070 g/mol. The molecule has 4 amide bonds. The number of ether oxygens (including phenoxy) is 2. The van der Waals surface area contributed by atoms with Crippen LogP contribution in [0.2, 0.25) is 0 Å². The number of hydrogen-bond acceptors (Lipinski definition) is 10. The van der Waals surface area contributed by atoms with Crippen LogP contribution < -0.4 is 9.47 Å². The summed E-state index contributed by atoms with van der Waals surface area (Å²) in [5.74, 6) is 0.0636. The minimum Gasteiger partial charge on any atom is -0.494 e.